The van der Waals surface area contributed by atoms with Crippen LogP contribution < -0.4 is 4.90 Å². The molecule has 0 spiro atoms. The van der Waals surface area contributed by atoms with E-state index in [2.05, 4.69) is 229 Å². The molecule has 10 aromatic carbocycles. The normalized spacial score (nSPS) is 11.4. The lowest BCUT2D eigenvalue weighted by atomic mass is 9.84. The third-order valence-electron chi connectivity index (χ3n) is 11.4. The standard InChI is InChI=1S/C56H37NS/c1-4-16-38(17-5-1)42-22-14-23-45(36-42)57(52-28-15-27-50-48-25-12-13-29-53(48)58-56(50)52)44-33-30-39(31-34-44)43-32-35-47-46-24-10-11-26-49(46)54(40-18-6-2-7-19-40)55(51(47)37-43)41-20-8-3-9-21-41/h1-37H. The van der Waals surface area contributed by atoms with Crippen molar-refractivity contribution in [3.05, 3.63) is 224 Å². The number of anilines is 3. The Morgan fingerprint density at radius 1 is 0.276 bits per heavy atom. The van der Waals surface area contributed by atoms with Gasteiger partial charge in [0.15, 0.2) is 0 Å². The summed E-state index contributed by atoms with van der Waals surface area (Å²) in [6.45, 7) is 0. The Hall–Kier alpha value is -7.26. The molecule has 11 aromatic rings. The van der Waals surface area contributed by atoms with E-state index >= 15 is 0 Å². The molecule has 0 saturated heterocycles. The van der Waals surface area contributed by atoms with E-state index in [1.54, 1.807) is 0 Å². The SMILES string of the molecule is c1ccc(-c2cccc(N(c3ccc(-c4ccc5c(c4)c(-c4ccccc4)c(-c4ccccc4)c4ccccc45)cc3)c3cccc4c3sc3ccccc34)c2)cc1. The third-order valence-corrected chi connectivity index (χ3v) is 12.7. The van der Waals surface area contributed by atoms with Gasteiger partial charge >= 0.3 is 0 Å². The Balaban J connectivity index is 1.09. The van der Waals surface area contributed by atoms with E-state index in [-0.39, 0.29) is 0 Å². The molecule has 0 unspecified atom stereocenters. The van der Waals surface area contributed by atoms with Gasteiger partial charge in [-0.25, -0.2) is 0 Å². The fourth-order valence-electron chi connectivity index (χ4n) is 8.77. The molecule has 0 aliphatic carbocycles. The number of benzene rings is 10. The van der Waals surface area contributed by atoms with Gasteiger partial charge in [0.05, 0.1) is 10.4 Å². The van der Waals surface area contributed by atoms with Crippen LogP contribution >= 0.6 is 11.3 Å². The van der Waals surface area contributed by atoms with Gasteiger partial charge in [-0.15, -0.1) is 11.3 Å². The Morgan fingerprint density at radius 3 is 1.50 bits per heavy atom. The van der Waals surface area contributed by atoms with Crippen LogP contribution in [0.15, 0.2) is 224 Å². The van der Waals surface area contributed by atoms with Crippen LogP contribution in [0.2, 0.25) is 0 Å². The van der Waals surface area contributed by atoms with Crippen LogP contribution in [0.4, 0.5) is 17.1 Å². The summed E-state index contributed by atoms with van der Waals surface area (Å²) < 4.78 is 2.58. The molecule has 1 aromatic heterocycles. The zero-order chi connectivity index (χ0) is 38.4. The maximum Gasteiger partial charge on any atom is 0.0640 e. The minimum Gasteiger partial charge on any atom is -0.309 e. The van der Waals surface area contributed by atoms with Crippen molar-refractivity contribution in [2.75, 3.05) is 4.90 Å². The van der Waals surface area contributed by atoms with Crippen molar-refractivity contribution in [2.24, 2.45) is 0 Å². The zero-order valence-corrected chi connectivity index (χ0v) is 32.5. The first-order valence-electron chi connectivity index (χ1n) is 19.8. The van der Waals surface area contributed by atoms with Gasteiger partial charge in [0.1, 0.15) is 0 Å². The van der Waals surface area contributed by atoms with Crippen molar-refractivity contribution in [1.82, 2.24) is 0 Å². The van der Waals surface area contributed by atoms with Gasteiger partial charge < -0.3 is 4.90 Å². The zero-order valence-electron chi connectivity index (χ0n) is 31.7. The molecule has 11 rings (SSSR count). The maximum absolute atomic E-state index is 2.43. The van der Waals surface area contributed by atoms with Crippen LogP contribution in [0.5, 0.6) is 0 Å². The lowest BCUT2D eigenvalue weighted by Crippen LogP contribution is -2.10. The van der Waals surface area contributed by atoms with Crippen molar-refractivity contribution in [3.63, 3.8) is 0 Å². The van der Waals surface area contributed by atoms with E-state index in [0.717, 1.165) is 11.4 Å². The van der Waals surface area contributed by atoms with Gasteiger partial charge in [-0.3, -0.25) is 0 Å². The molecule has 0 bridgehead atoms. The Kier molecular flexibility index (Phi) is 8.42. The summed E-state index contributed by atoms with van der Waals surface area (Å²) in [6, 6.07) is 81.9. The summed E-state index contributed by atoms with van der Waals surface area (Å²) in [6.07, 6.45) is 0. The van der Waals surface area contributed by atoms with Gasteiger partial charge in [0.25, 0.3) is 0 Å². The molecule has 272 valence electrons. The van der Waals surface area contributed by atoms with Gasteiger partial charge in [0.2, 0.25) is 0 Å². The van der Waals surface area contributed by atoms with Crippen molar-refractivity contribution >= 4 is 70.1 Å². The molecule has 0 aliphatic rings. The average molecular weight is 756 g/mol. The minimum atomic E-state index is 1.11. The molecule has 0 radical (unpaired) electrons. The summed E-state index contributed by atoms with van der Waals surface area (Å²) in [4.78, 5) is 2.43. The van der Waals surface area contributed by atoms with Crippen LogP contribution in [-0.2, 0) is 0 Å². The lowest BCUT2D eigenvalue weighted by molar-refractivity contribution is 1.30. The molecule has 0 amide bonds. The monoisotopic (exact) mass is 755 g/mol. The Labute approximate surface area is 342 Å². The smallest absolute Gasteiger partial charge is 0.0640 e. The summed E-state index contributed by atoms with van der Waals surface area (Å²) in [5.41, 5.74) is 13.1. The van der Waals surface area contributed by atoms with Gasteiger partial charge in [0, 0.05) is 26.8 Å². The topological polar surface area (TPSA) is 3.24 Å². The highest BCUT2D eigenvalue weighted by Crippen LogP contribution is 2.47. The fraction of sp³-hybridized carbons (Fsp3) is 0. The van der Waals surface area contributed by atoms with E-state index in [4.69, 9.17) is 0 Å². The van der Waals surface area contributed by atoms with Gasteiger partial charge in [-0.2, -0.15) is 0 Å². The number of fused-ring (bicyclic) bond motifs is 6. The van der Waals surface area contributed by atoms with Crippen LogP contribution in [0, 0.1) is 0 Å². The maximum atomic E-state index is 2.43. The summed E-state index contributed by atoms with van der Waals surface area (Å²) in [5.74, 6) is 0. The lowest BCUT2D eigenvalue weighted by Gasteiger charge is -2.27. The fourth-order valence-corrected chi connectivity index (χ4v) is 9.98. The number of thiophene rings is 1. The molecular weight excluding hydrogens is 719 g/mol. The summed E-state index contributed by atoms with van der Waals surface area (Å²) in [5, 5.41) is 7.62. The molecule has 0 N–H and O–H groups in total. The first kappa shape index (κ1) is 34.0. The molecule has 0 saturated carbocycles. The quantitative estimate of drug-likeness (QED) is 0.146. The van der Waals surface area contributed by atoms with Crippen LogP contribution in [0.1, 0.15) is 0 Å². The van der Waals surface area contributed by atoms with Crippen molar-refractivity contribution in [2.45, 2.75) is 0 Å². The molecule has 0 atom stereocenters. The van der Waals surface area contributed by atoms with Gasteiger partial charge in [-0.1, -0.05) is 182 Å². The van der Waals surface area contributed by atoms with Crippen molar-refractivity contribution in [3.8, 4) is 44.5 Å². The first-order valence-corrected chi connectivity index (χ1v) is 20.7. The molecule has 0 fully saturated rings. The number of hydrogen-bond acceptors (Lipinski definition) is 2. The third kappa shape index (κ3) is 5.86. The minimum absolute atomic E-state index is 1.11. The first-order chi connectivity index (χ1) is 28.8. The number of hydrogen-bond donors (Lipinski definition) is 0. The Morgan fingerprint density at radius 2 is 0.776 bits per heavy atom. The molecule has 58 heavy (non-hydrogen) atoms. The number of rotatable bonds is 7. The second-order valence-electron chi connectivity index (χ2n) is 14.8. The van der Waals surface area contributed by atoms with E-state index in [1.807, 2.05) is 11.3 Å². The van der Waals surface area contributed by atoms with E-state index in [9.17, 15) is 0 Å². The Bertz CT molecular complexity index is 3260. The second kappa shape index (κ2) is 14.4. The molecule has 1 nitrogen and oxygen atoms in total. The predicted octanol–water partition coefficient (Wildman–Crippen LogP) is 16.5. The highest BCUT2D eigenvalue weighted by molar-refractivity contribution is 7.26. The largest absolute Gasteiger partial charge is 0.309 e. The number of nitrogens with zero attached hydrogens (tertiary/aromatic N) is 1. The van der Waals surface area contributed by atoms with Crippen LogP contribution in [0.3, 0.4) is 0 Å². The summed E-state index contributed by atoms with van der Waals surface area (Å²) >= 11 is 1.87. The van der Waals surface area contributed by atoms with Crippen molar-refractivity contribution < 1.29 is 0 Å². The van der Waals surface area contributed by atoms with Crippen LogP contribution in [-0.4, -0.2) is 0 Å². The molecule has 0 aliphatic heterocycles. The predicted molar refractivity (Wildman–Crippen MR) is 251 cm³/mol. The van der Waals surface area contributed by atoms with E-state index < -0.39 is 0 Å². The van der Waals surface area contributed by atoms with E-state index in [0.29, 0.717) is 0 Å². The summed E-state index contributed by atoms with van der Waals surface area (Å²) in [7, 11) is 0. The average Bonchev–Trinajstić information content (AvgIpc) is 3.69. The van der Waals surface area contributed by atoms with Crippen LogP contribution in [0.25, 0.3) is 86.2 Å². The highest BCUT2D eigenvalue weighted by Gasteiger charge is 2.21. The van der Waals surface area contributed by atoms with Crippen molar-refractivity contribution in [1.29, 1.82) is 0 Å². The highest BCUT2D eigenvalue weighted by atomic mass is 32.1. The van der Waals surface area contributed by atoms with Gasteiger partial charge in [-0.05, 0) is 109 Å². The molecular formula is C56H37NS. The molecule has 1 heterocycles. The second-order valence-corrected chi connectivity index (χ2v) is 15.9. The van der Waals surface area contributed by atoms with E-state index in [1.165, 1.54) is 91.9 Å². The molecule has 2 heteroatoms.